The summed E-state index contributed by atoms with van der Waals surface area (Å²) in [5.74, 6) is -3.14. The van der Waals surface area contributed by atoms with Crippen LogP contribution in [0.25, 0.3) is 0 Å². The van der Waals surface area contributed by atoms with Crippen molar-refractivity contribution >= 4 is 39.9 Å². The van der Waals surface area contributed by atoms with Gasteiger partial charge >= 0.3 is 0 Å². The predicted octanol–water partition coefficient (Wildman–Crippen LogP) is 3.63. The normalized spacial score (nSPS) is 14.1. The Morgan fingerprint density at radius 2 is 1.50 bits per heavy atom. The molecule has 0 unspecified atom stereocenters. The van der Waals surface area contributed by atoms with Crippen molar-refractivity contribution in [1.82, 2.24) is 0 Å². The molecule has 0 saturated carbocycles. The van der Waals surface area contributed by atoms with Gasteiger partial charge in [-0.05, 0) is 36.3 Å². The molecule has 0 bridgehead atoms. The largest absolute Gasteiger partial charge is 0.287 e. The van der Waals surface area contributed by atoms with Gasteiger partial charge in [0.2, 0.25) is 0 Å². The molecule has 8 heavy (non-hydrogen) atoms. The highest BCUT2D eigenvalue weighted by Crippen LogP contribution is 2.68. The zero-order valence-electron chi connectivity index (χ0n) is 4.49. The van der Waals surface area contributed by atoms with Crippen LogP contribution in [0.5, 0.6) is 0 Å². The van der Waals surface area contributed by atoms with E-state index < -0.39 is 10.5 Å². The summed E-state index contributed by atoms with van der Waals surface area (Å²) in [6.45, 7) is 3.02. The summed E-state index contributed by atoms with van der Waals surface area (Å²) < 4.78 is 9.63. The Morgan fingerprint density at radius 1 is 1.38 bits per heavy atom. The lowest BCUT2D eigenvalue weighted by atomic mass is 10.6. The summed E-state index contributed by atoms with van der Waals surface area (Å²) >= 11 is 15.9. The maximum absolute atomic E-state index is 10.6. The molecule has 0 spiro atoms. The van der Waals surface area contributed by atoms with Crippen LogP contribution < -0.4 is 0 Å². The summed E-state index contributed by atoms with van der Waals surface area (Å²) in [6.07, 6.45) is 0. The zero-order valence-corrected chi connectivity index (χ0v) is 7.65. The highest BCUT2D eigenvalue weighted by atomic mass is 35.9. The maximum atomic E-state index is 10.6. The molecule has 0 aromatic heterocycles. The molecule has 0 N–H and O–H groups in total. The van der Waals surface area contributed by atoms with Crippen molar-refractivity contribution in [3.05, 3.63) is 0 Å². The summed E-state index contributed by atoms with van der Waals surface area (Å²) in [7, 11) is 0. The second kappa shape index (κ2) is 2.38. The van der Waals surface area contributed by atoms with E-state index in [1.807, 2.05) is 0 Å². The first kappa shape index (κ1) is 9.10. The Hall–Kier alpha value is 1.10. The van der Waals surface area contributed by atoms with Crippen LogP contribution >= 0.6 is 39.9 Å². The van der Waals surface area contributed by atoms with E-state index in [-0.39, 0.29) is 0 Å². The molecule has 0 heterocycles. The molecule has 5 heteroatoms. The number of rotatable bonds is 1. The quantitative estimate of drug-likeness (QED) is 0.461. The van der Waals surface area contributed by atoms with Crippen LogP contribution in [0.2, 0.25) is 0 Å². The van der Waals surface area contributed by atoms with Crippen molar-refractivity contribution in [3.63, 3.8) is 0 Å². The van der Waals surface area contributed by atoms with Crippen LogP contribution in [0.4, 0.5) is 0 Å². The van der Waals surface area contributed by atoms with Crippen molar-refractivity contribution in [1.29, 1.82) is 0 Å². The highest BCUT2D eigenvalue weighted by molar-refractivity contribution is 8.10. The van der Waals surface area contributed by atoms with Gasteiger partial charge in [-0.1, -0.05) is 0 Å². The van der Waals surface area contributed by atoms with Gasteiger partial charge in [-0.2, -0.15) is 0 Å². The van der Waals surface area contributed by atoms with Crippen LogP contribution in [0, 0.1) is 0 Å². The lowest BCUT2D eigenvalue weighted by molar-refractivity contribution is 0.584. The van der Waals surface area contributed by atoms with Gasteiger partial charge < -0.3 is 0 Å². The molecule has 0 radical (unpaired) electrons. The number of hydrogen-bond donors (Lipinski definition) is 0. The molecule has 0 aliphatic heterocycles. The molecule has 0 aromatic carbocycles. The second-order valence-corrected chi connectivity index (χ2v) is 8.50. The average molecular weight is 195 g/mol. The van der Waals surface area contributed by atoms with Gasteiger partial charge in [0, 0.05) is 0 Å². The van der Waals surface area contributed by atoms with E-state index in [1.165, 1.54) is 13.8 Å². The highest BCUT2D eigenvalue weighted by Gasteiger charge is 2.34. The Bertz CT molecular complexity index is 121. The van der Waals surface area contributed by atoms with E-state index in [0.29, 0.717) is 0 Å². The third kappa shape index (κ3) is 2.59. The van der Waals surface area contributed by atoms with E-state index in [0.717, 1.165) is 0 Å². The summed E-state index contributed by atoms with van der Waals surface area (Å²) in [5, 5.41) is 0. The fourth-order valence-corrected chi connectivity index (χ4v) is 0. The first-order chi connectivity index (χ1) is 3.25. The average Bonchev–Trinajstić information content (AvgIpc) is 1.25. The molecule has 0 rings (SSSR count). The van der Waals surface area contributed by atoms with E-state index in [9.17, 15) is 4.57 Å². The van der Waals surface area contributed by atoms with Crippen molar-refractivity contribution in [2.45, 2.75) is 18.5 Å². The second-order valence-electron chi connectivity index (χ2n) is 1.87. The molecule has 50 valence electrons. The molecule has 0 aromatic rings. The lowest BCUT2D eigenvalue weighted by Crippen LogP contribution is -2.02. The van der Waals surface area contributed by atoms with E-state index >= 15 is 0 Å². The Labute approximate surface area is 63.3 Å². The Morgan fingerprint density at radius 3 is 1.50 bits per heavy atom. The van der Waals surface area contributed by atoms with Crippen LogP contribution in [0.3, 0.4) is 0 Å². The third-order valence-corrected chi connectivity index (χ3v) is 5.63. The van der Waals surface area contributed by atoms with Gasteiger partial charge in [0.05, 0.1) is 0 Å². The summed E-state index contributed by atoms with van der Waals surface area (Å²) in [5.41, 5.74) is 0. The molecule has 0 aliphatic carbocycles. The molecular weight excluding hydrogens is 189 g/mol. The first-order valence-corrected chi connectivity index (χ1v) is 5.83. The van der Waals surface area contributed by atoms with Gasteiger partial charge in [-0.25, -0.2) is 0 Å². The minimum atomic E-state index is -3.14. The summed E-state index contributed by atoms with van der Waals surface area (Å²) in [6, 6.07) is 0. The van der Waals surface area contributed by atoms with Gasteiger partial charge in [0.25, 0.3) is 5.85 Å². The molecule has 0 amide bonds. The third-order valence-electron chi connectivity index (χ3n) is 0.619. The van der Waals surface area contributed by atoms with Gasteiger partial charge in [0.1, 0.15) is 4.62 Å². The first-order valence-electron chi connectivity index (χ1n) is 1.93. The standard InChI is InChI=1S/C3H6Cl3OP/c1-3(2,4)8(5,6)7/h1-2H3. The zero-order chi connectivity index (χ0) is 7.00. The van der Waals surface area contributed by atoms with Crippen molar-refractivity contribution in [2.75, 3.05) is 0 Å². The van der Waals surface area contributed by atoms with E-state index in [1.54, 1.807) is 0 Å². The van der Waals surface area contributed by atoms with Crippen molar-refractivity contribution in [3.8, 4) is 0 Å². The predicted molar refractivity (Wildman–Crippen MR) is 39.2 cm³/mol. The monoisotopic (exact) mass is 194 g/mol. The minimum absolute atomic E-state index is 1.00. The van der Waals surface area contributed by atoms with Crippen LogP contribution in [0.1, 0.15) is 13.8 Å². The minimum Gasteiger partial charge on any atom is -0.287 e. The molecule has 1 nitrogen and oxygen atoms in total. The summed E-state index contributed by atoms with van der Waals surface area (Å²) in [4.78, 5) is 0. The van der Waals surface area contributed by atoms with Gasteiger partial charge in [-0.3, -0.25) is 4.57 Å². The molecule has 0 saturated heterocycles. The Kier molecular flexibility index (Phi) is 2.71. The molecule has 0 aliphatic rings. The number of halogens is 3. The van der Waals surface area contributed by atoms with E-state index in [2.05, 4.69) is 0 Å². The fourth-order valence-electron chi connectivity index (χ4n) is 0. The molecule has 0 atom stereocenters. The van der Waals surface area contributed by atoms with Crippen LogP contribution in [-0.4, -0.2) is 4.62 Å². The maximum Gasteiger partial charge on any atom is 0.272 e. The molecule has 0 fully saturated rings. The van der Waals surface area contributed by atoms with Crippen molar-refractivity contribution in [2.24, 2.45) is 0 Å². The van der Waals surface area contributed by atoms with Gasteiger partial charge in [-0.15, -0.1) is 11.6 Å². The lowest BCUT2D eigenvalue weighted by Gasteiger charge is -2.15. The van der Waals surface area contributed by atoms with E-state index in [4.69, 9.17) is 34.1 Å². The van der Waals surface area contributed by atoms with Crippen LogP contribution in [0.15, 0.2) is 0 Å². The smallest absolute Gasteiger partial charge is 0.272 e. The number of hydrogen-bond acceptors (Lipinski definition) is 1. The van der Waals surface area contributed by atoms with Gasteiger partial charge in [0.15, 0.2) is 0 Å². The molecular formula is C3H6Cl3OP. The number of alkyl halides is 1. The SMILES string of the molecule is CC(C)(Cl)P(=O)(Cl)Cl. The fraction of sp³-hybridized carbons (Fsp3) is 1.00. The topological polar surface area (TPSA) is 17.1 Å². The van der Waals surface area contributed by atoms with Crippen molar-refractivity contribution < 1.29 is 4.57 Å². The Balaban J connectivity index is 4.26. The van der Waals surface area contributed by atoms with Crippen LogP contribution in [-0.2, 0) is 4.57 Å².